The molecule has 3 aromatic rings. The molecule has 4 heterocycles. The van der Waals surface area contributed by atoms with Crippen LogP contribution in [0.25, 0.3) is 0 Å². The highest BCUT2D eigenvalue weighted by Gasteiger charge is 2.38. The molecule has 2 aliphatic heterocycles. The molecule has 1 saturated carbocycles. The van der Waals surface area contributed by atoms with E-state index in [0.29, 0.717) is 36.1 Å². The van der Waals surface area contributed by atoms with E-state index in [-0.39, 0.29) is 24.4 Å². The summed E-state index contributed by atoms with van der Waals surface area (Å²) in [6.07, 6.45) is 12.9. The smallest absolute Gasteiger partial charge is 0.247 e. The summed E-state index contributed by atoms with van der Waals surface area (Å²) in [5.74, 6) is 1.15. The number of fused-ring (bicyclic) bond motifs is 3. The van der Waals surface area contributed by atoms with Crippen LogP contribution in [0.3, 0.4) is 0 Å². The summed E-state index contributed by atoms with van der Waals surface area (Å²) in [6, 6.07) is 9.35. The summed E-state index contributed by atoms with van der Waals surface area (Å²) < 4.78 is 6.04. The first kappa shape index (κ1) is 32.5. The molecule has 0 radical (unpaired) electrons. The number of pyridine rings is 1. The molecule has 3 N–H and O–H groups in total. The van der Waals surface area contributed by atoms with Crippen LogP contribution < -0.4 is 25.6 Å². The van der Waals surface area contributed by atoms with Crippen molar-refractivity contribution in [2.24, 2.45) is 5.73 Å². The minimum absolute atomic E-state index is 0.0229. The maximum absolute atomic E-state index is 13.1. The third-order valence-corrected chi connectivity index (χ3v) is 6.68. The Morgan fingerprint density at radius 3 is 2.45 bits per heavy atom. The predicted molar refractivity (Wildman–Crippen MR) is 169 cm³/mol. The number of aromatic nitrogens is 3. The number of nitrogens with zero attached hydrogens (tertiary/aromatic N) is 5. The fourth-order valence-electron chi connectivity index (χ4n) is 4.28. The first-order chi connectivity index (χ1) is 20.4. The number of rotatable bonds is 6. The van der Waals surface area contributed by atoms with Crippen LogP contribution in [-0.4, -0.2) is 59.9 Å². The number of carbonyl (C=O) groups is 2. The number of hydrogen-bond acceptors (Lipinski definition) is 9. The molecular formula is C32H45N7O3. The Morgan fingerprint density at radius 1 is 1.12 bits per heavy atom. The number of piperazine rings is 1. The van der Waals surface area contributed by atoms with Crippen molar-refractivity contribution in [1.29, 1.82) is 0 Å². The monoisotopic (exact) mass is 575 g/mol. The molecule has 1 amide bonds. The number of carbonyl (C=O) groups excluding carboxylic acids is 2. The largest absolute Gasteiger partial charge is 0.489 e. The summed E-state index contributed by atoms with van der Waals surface area (Å²) in [7, 11) is 1.50. The molecule has 1 atom stereocenters. The lowest BCUT2D eigenvalue weighted by Gasteiger charge is -2.44. The molecule has 0 spiro atoms. The zero-order chi connectivity index (χ0) is 30.5. The van der Waals surface area contributed by atoms with Crippen LogP contribution in [0.5, 0.6) is 5.75 Å². The molecule has 226 valence electrons. The van der Waals surface area contributed by atoms with Gasteiger partial charge in [0.2, 0.25) is 11.9 Å². The van der Waals surface area contributed by atoms with Gasteiger partial charge in [0.25, 0.3) is 0 Å². The second-order valence-corrected chi connectivity index (χ2v) is 10.5. The molecule has 6 rings (SSSR count). The number of amides is 1. The van der Waals surface area contributed by atoms with Gasteiger partial charge >= 0.3 is 0 Å². The van der Waals surface area contributed by atoms with E-state index in [1.54, 1.807) is 12.4 Å². The Morgan fingerprint density at radius 2 is 1.86 bits per heavy atom. The SMILES string of the molecule is C1CC1.CC(C)c1nc(Nc2ccc3c(c2)OCC2CN(c4cccnc4)CC(=O)N32)ncc1C=O.CCCC.CN. The van der Waals surface area contributed by atoms with E-state index in [1.807, 2.05) is 54.0 Å². The third-order valence-electron chi connectivity index (χ3n) is 6.68. The standard InChI is InChI=1S/C24H24N6O3.C4H10.C3H6.CH5N/c1-15(2)23-16(13-31)9-26-24(28-23)27-17-5-6-20-21(8-17)33-14-19-11-29(12-22(32)30(19)20)18-4-3-7-25-10-18;1-3-4-2;1-2-3-1;1-2/h3-10,13,15,19H,11-12,14H2,1-2H3,(H,26,27,28);3-4H2,1-2H3;1-3H2;2H2,1H3. The summed E-state index contributed by atoms with van der Waals surface area (Å²) in [5.41, 5.74) is 8.10. The van der Waals surface area contributed by atoms with Gasteiger partial charge in [-0.25, -0.2) is 9.97 Å². The van der Waals surface area contributed by atoms with Gasteiger partial charge in [-0.1, -0.05) is 59.8 Å². The lowest BCUT2D eigenvalue weighted by Crippen LogP contribution is -2.60. The molecule has 42 heavy (non-hydrogen) atoms. The number of ether oxygens (including phenoxy) is 1. The molecule has 0 bridgehead atoms. The Kier molecular flexibility index (Phi) is 12.7. The fourth-order valence-corrected chi connectivity index (χ4v) is 4.28. The van der Waals surface area contributed by atoms with Gasteiger partial charge in [-0.05, 0) is 37.2 Å². The molecule has 3 aliphatic rings. The average Bonchev–Trinajstić information content (AvgIpc) is 3.92. The van der Waals surface area contributed by atoms with Gasteiger partial charge in [0.15, 0.2) is 6.29 Å². The van der Waals surface area contributed by atoms with E-state index < -0.39 is 0 Å². The first-order valence-corrected chi connectivity index (χ1v) is 14.9. The number of nitrogens with one attached hydrogen (secondary N) is 1. The number of nitrogens with two attached hydrogens (primary N) is 1. The molecule has 1 aromatic carbocycles. The van der Waals surface area contributed by atoms with Gasteiger partial charge < -0.3 is 20.7 Å². The van der Waals surface area contributed by atoms with Gasteiger partial charge in [0, 0.05) is 30.7 Å². The highest BCUT2D eigenvalue weighted by molar-refractivity contribution is 6.00. The van der Waals surface area contributed by atoms with Crippen molar-refractivity contribution in [3.05, 3.63) is 60.2 Å². The van der Waals surface area contributed by atoms with Gasteiger partial charge in [-0.15, -0.1) is 0 Å². The van der Waals surface area contributed by atoms with Crippen molar-refractivity contribution in [2.75, 3.05) is 41.9 Å². The van der Waals surface area contributed by atoms with E-state index in [9.17, 15) is 9.59 Å². The van der Waals surface area contributed by atoms with Gasteiger partial charge in [-0.3, -0.25) is 19.5 Å². The number of benzene rings is 1. The van der Waals surface area contributed by atoms with Crippen molar-refractivity contribution in [3.8, 4) is 5.75 Å². The number of anilines is 4. The fraction of sp³-hybridized carbons (Fsp3) is 0.469. The molecule has 1 aliphatic carbocycles. The maximum Gasteiger partial charge on any atom is 0.247 e. The van der Waals surface area contributed by atoms with Crippen LogP contribution in [0.2, 0.25) is 0 Å². The van der Waals surface area contributed by atoms with Crippen LogP contribution in [0.1, 0.15) is 81.8 Å². The summed E-state index contributed by atoms with van der Waals surface area (Å²) >= 11 is 0. The van der Waals surface area contributed by atoms with Gasteiger partial charge in [0.05, 0.1) is 41.4 Å². The Balaban J connectivity index is 0.000000472. The van der Waals surface area contributed by atoms with Gasteiger partial charge in [0.1, 0.15) is 12.4 Å². The molecule has 2 fully saturated rings. The number of aldehydes is 1. The van der Waals surface area contributed by atoms with E-state index in [0.717, 1.165) is 23.3 Å². The van der Waals surface area contributed by atoms with Crippen molar-refractivity contribution < 1.29 is 14.3 Å². The summed E-state index contributed by atoms with van der Waals surface area (Å²) in [6.45, 7) is 9.68. The molecule has 1 saturated heterocycles. The predicted octanol–water partition coefficient (Wildman–Crippen LogP) is 5.72. The quantitative estimate of drug-likeness (QED) is 0.355. The second kappa shape index (κ2) is 16.4. The molecule has 1 unspecified atom stereocenters. The van der Waals surface area contributed by atoms with Crippen LogP contribution >= 0.6 is 0 Å². The lowest BCUT2D eigenvalue weighted by atomic mass is 10.1. The zero-order valence-corrected chi connectivity index (χ0v) is 25.5. The normalized spacial score (nSPS) is 16.2. The van der Waals surface area contributed by atoms with E-state index >= 15 is 0 Å². The molecule has 2 aromatic heterocycles. The Hall–Kier alpha value is -4.05. The van der Waals surface area contributed by atoms with E-state index in [4.69, 9.17) is 4.74 Å². The maximum atomic E-state index is 13.1. The van der Waals surface area contributed by atoms with Crippen molar-refractivity contribution in [2.45, 2.75) is 71.8 Å². The van der Waals surface area contributed by atoms with E-state index in [2.05, 4.69) is 39.8 Å². The highest BCUT2D eigenvalue weighted by Crippen LogP contribution is 2.38. The first-order valence-electron chi connectivity index (χ1n) is 14.9. The number of hydrogen-bond donors (Lipinski definition) is 2. The zero-order valence-electron chi connectivity index (χ0n) is 25.5. The van der Waals surface area contributed by atoms with Crippen molar-refractivity contribution >= 4 is 35.2 Å². The summed E-state index contributed by atoms with van der Waals surface area (Å²) in [4.78, 5) is 41.1. The van der Waals surface area contributed by atoms with Crippen LogP contribution in [0.4, 0.5) is 23.0 Å². The van der Waals surface area contributed by atoms with Crippen LogP contribution in [0, 0.1) is 0 Å². The van der Waals surface area contributed by atoms with Crippen molar-refractivity contribution in [1.82, 2.24) is 15.0 Å². The minimum atomic E-state index is -0.0782. The van der Waals surface area contributed by atoms with Gasteiger partial charge in [-0.2, -0.15) is 0 Å². The minimum Gasteiger partial charge on any atom is -0.489 e. The van der Waals surface area contributed by atoms with Crippen LogP contribution in [-0.2, 0) is 4.79 Å². The van der Waals surface area contributed by atoms with E-state index in [1.165, 1.54) is 45.3 Å². The lowest BCUT2D eigenvalue weighted by molar-refractivity contribution is -0.119. The summed E-state index contributed by atoms with van der Waals surface area (Å²) in [5, 5.41) is 3.18. The highest BCUT2D eigenvalue weighted by atomic mass is 16.5. The Labute approximate surface area is 249 Å². The Bertz CT molecular complexity index is 1280. The topological polar surface area (TPSA) is 127 Å². The average molecular weight is 576 g/mol. The van der Waals surface area contributed by atoms with Crippen molar-refractivity contribution in [3.63, 3.8) is 0 Å². The number of unbranched alkanes of at least 4 members (excludes halogenated alkanes) is 1. The third kappa shape index (κ3) is 8.72. The second-order valence-electron chi connectivity index (χ2n) is 10.5. The van der Waals surface area contributed by atoms with Crippen LogP contribution in [0.15, 0.2) is 48.9 Å². The molecule has 10 nitrogen and oxygen atoms in total. The molecular weight excluding hydrogens is 530 g/mol. The molecule has 10 heteroatoms.